The predicted octanol–water partition coefficient (Wildman–Crippen LogP) is 3.26. The minimum atomic E-state index is 0.285. The van der Waals surface area contributed by atoms with Gasteiger partial charge in [-0.05, 0) is 31.2 Å². The van der Waals surface area contributed by atoms with Crippen molar-refractivity contribution in [1.82, 2.24) is 4.90 Å². The molecule has 1 aliphatic heterocycles. The summed E-state index contributed by atoms with van der Waals surface area (Å²) in [5.41, 5.74) is 1.19. The molecule has 0 bridgehead atoms. The van der Waals surface area contributed by atoms with E-state index in [4.69, 9.17) is 4.74 Å². The molecule has 3 heteroatoms. The second-order valence-electron chi connectivity index (χ2n) is 5.85. The van der Waals surface area contributed by atoms with Gasteiger partial charge < -0.3 is 9.64 Å². The van der Waals surface area contributed by atoms with Crippen LogP contribution in [0.5, 0.6) is 0 Å². The van der Waals surface area contributed by atoms with Crippen molar-refractivity contribution in [2.75, 3.05) is 13.2 Å². The lowest BCUT2D eigenvalue weighted by Crippen LogP contribution is -2.51. The van der Waals surface area contributed by atoms with E-state index in [9.17, 15) is 4.79 Å². The summed E-state index contributed by atoms with van der Waals surface area (Å²) in [4.78, 5) is 14.5. The molecule has 1 aliphatic carbocycles. The molecule has 3 nitrogen and oxygen atoms in total. The number of amides is 1. The highest BCUT2D eigenvalue weighted by Crippen LogP contribution is 2.30. The average molecular weight is 285 g/mol. The summed E-state index contributed by atoms with van der Waals surface area (Å²) in [6.45, 7) is 1.47. The number of morpholine rings is 1. The van der Waals surface area contributed by atoms with Gasteiger partial charge in [0, 0.05) is 13.0 Å². The van der Waals surface area contributed by atoms with Crippen LogP contribution < -0.4 is 0 Å². The first-order valence-corrected chi connectivity index (χ1v) is 7.97. The van der Waals surface area contributed by atoms with E-state index in [-0.39, 0.29) is 5.91 Å². The van der Waals surface area contributed by atoms with Gasteiger partial charge >= 0.3 is 0 Å². The molecule has 21 heavy (non-hydrogen) atoms. The van der Waals surface area contributed by atoms with Gasteiger partial charge in [-0.25, -0.2) is 0 Å². The summed E-state index contributed by atoms with van der Waals surface area (Å²) in [6.07, 6.45) is 9.30. The van der Waals surface area contributed by atoms with Gasteiger partial charge in [-0.2, -0.15) is 0 Å². The molecule has 1 aromatic rings. The van der Waals surface area contributed by atoms with Gasteiger partial charge in [0.25, 0.3) is 0 Å². The van der Waals surface area contributed by atoms with Gasteiger partial charge in [-0.1, -0.05) is 42.5 Å². The van der Waals surface area contributed by atoms with Crippen LogP contribution >= 0.6 is 0 Å². The van der Waals surface area contributed by atoms with Crippen molar-refractivity contribution in [2.45, 2.75) is 44.2 Å². The first-order valence-electron chi connectivity index (χ1n) is 7.97. The number of hydrogen-bond acceptors (Lipinski definition) is 2. The smallest absolute Gasteiger partial charge is 0.223 e. The van der Waals surface area contributed by atoms with E-state index < -0.39 is 0 Å². The zero-order valence-electron chi connectivity index (χ0n) is 12.4. The minimum absolute atomic E-state index is 0.285. The van der Waals surface area contributed by atoms with E-state index in [2.05, 4.69) is 29.2 Å². The summed E-state index contributed by atoms with van der Waals surface area (Å²) in [7, 11) is 0. The molecule has 0 spiro atoms. The van der Waals surface area contributed by atoms with Gasteiger partial charge in [-0.3, -0.25) is 4.79 Å². The molecule has 0 N–H and O–H groups in total. The van der Waals surface area contributed by atoms with E-state index >= 15 is 0 Å². The second kappa shape index (κ2) is 6.90. The standard InChI is InChI=1S/C18H23NO2/c20-18(12-5-4-9-15-7-2-1-3-8-15)19-13-14-21-17-11-6-10-16(17)19/h1-4,7-9,16-17H,5-6,10-14H2. The number of benzene rings is 1. The number of carbonyl (C=O) groups excluding carboxylic acids is 1. The van der Waals surface area contributed by atoms with Crippen molar-refractivity contribution in [2.24, 2.45) is 0 Å². The van der Waals surface area contributed by atoms with Crippen molar-refractivity contribution in [3.8, 4) is 0 Å². The summed E-state index contributed by atoms with van der Waals surface area (Å²) < 4.78 is 5.76. The van der Waals surface area contributed by atoms with Gasteiger partial charge in [0.1, 0.15) is 0 Å². The van der Waals surface area contributed by atoms with Crippen LogP contribution in [0.4, 0.5) is 0 Å². The molecule has 0 radical (unpaired) electrons. The van der Waals surface area contributed by atoms with Gasteiger partial charge in [0.15, 0.2) is 0 Å². The molecular weight excluding hydrogens is 262 g/mol. The Kier molecular flexibility index (Phi) is 4.71. The number of fused-ring (bicyclic) bond motifs is 1. The molecule has 1 aromatic carbocycles. The van der Waals surface area contributed by atoms with Crippen LogP contribution in [-0.2, 0) is 9.53 Å². The Balaban J connectivity index is 1.49. The normalized spacial score (nSPS) is 25.2. The Morgan fingerprint density at radius 1 is 1.29 bits per heavy atom. The van der Waals surface area contributed by atoms with Crippen molar-refractivity contribution in [1.29, 1.82) is 0 Å². The van der Waals surface area contributed by atoms with Crippen LogP contribution in [0.3, 0.4) is 0 Å². The van der Waals surface area contributed by atoms with Crippen molar-refractivity contribution < 1.29 is 9.53 Å². The summed E-state index contributed by atoms with van der Waals surface area (Å²) in [5, 5.41) is 0. The molecule has 1 saturated carbocycles. The third-order valence-corrected chi connectivity index (χ3v) is 4.44. The molecule has 0 aromatic heterocycles. The van der Waals surface area contributed by atoms with Crippen molar-refractivity contribution in [3.63, 3.8) is 0 Å². The zero-order valence-corrected chi connectivity index (χ0v) is 12.4. The number of carbonyl (C=O) groups is 1. The molecule has 2 unspecified atom stereocenters. The molecule has 1 amide bonds. The van der Waals surface area contributed by atoms with E-state index in [1.165, 1.54) is 12.0 Å². The monoisotopic (exact) mass is 285 g/mol. The third-order valence-electron chi connectivity index (χ3n) is 4.44. The highest BCUT2D eigenvalue weighted by molar-refractivity contribution is 5.77. The Labute approximate surface area is 126 Å². The highest BCUT2D eigenvalue weighted by atomic mass is 16.5. The van der Waals surface area contributed by atoms with Crippen LogP contribution in [0, 0.1) is 0 Å². The fourth-order valence-corrected chi connectivity index (χ4v) is 3.37. The van der Waals surface area contributed by atoms with Crippen LogP contribution in [0.1, 0.15) is 37.7 Å². The molecular formula is C18H23NO2. The van der Waals surface area contributed by atoms with Crippen LogP contribution in [0.15, 0.2) is 36.4 Å². The maximum atomic E-state index is 12.4. The lowest BCUT2D eigenvalue weighted by Gasteiger charge is -2.37. The SMILES string of the molecule is O=C(CCC=Cc1ccccc1)N1CCOC2CCCC21. The minimum Gasteiger partial charge on any atom is -0.374 e. The van der Waals surface area contributed by atoms with E-state index in [1.807, 2.05) is 18.2 Å². The Bertz CT molecular complexity index is 497. The number of nitrogens with zero attached hydrogens (tertiary/aromatic N) is 1. The third kappa shape index (κ3) is 3.53. The number of hydrogen-bond donors (Lipinski definition) is 0. The number of ether oxygens (including phenoxy) is 1. The van der Waals surface area contributed by atoms with Crippen LogP contribution in [0.25, 0.3) is 6.08 Å². The predicted molar refractivity (Wildman–Crippen MR) is 83.8 cm³/mol. The first kappa shape index (κ1) is 14.3. The Morgan fingerprint density at radius 2 is 2.14 bits per heavy atom. The molecule has 1 heterocycles. The van der Waals surface area contributed by atoms with Gasteiger partial charge in [0.05, 0.1) is 18.8 Å². The van der Waals surface area contributed by atoms with Crippen LogP contribution in [-0.4, -0.2) is 36.1 Å². The maximum Gasteiger partial charge on any atom is 0.223 e. The number of rotatable bonds is 4. The zero-order chi connectivity index (χ0) is 14.5. The van der Waals surface area contributed by atoms with Crippen molar-refractivity contribution in [3.05, 3.63) is 42.0 Å². The molecule has 2 fully saturated rings. The highest BCUT2D eigenvalue weighted by Gasteiger charge is 2.37. The van der Waals surface area contributed by atoms with Crippen molar-refractivity contribution >= 4 is 12.0 Å². The maximum absolute atomic E-state index is 12.4. The number of allylic oxidation sites excluding steroid dienone is 1. The lowest BCUT2D eigenvalue weighted by atomic mass is 10.1. The topological polar surface area (TPSA) is 29.5 Å². The lowest BCUT2D eigenvalue weighted by molar-refractivity contribution is -0.143. The van der Waals surface area contributed by atoms with E-state index in [0.717, 1.165) is 25.8 Å². The second-order valence-corrected chi connectivity index (χ2v) is 5.85. The van der Waals surface area contributed by atoms with E-state index in [0.29, 0.717) is 25.2 Å². The van der Waals surface area contributed by atoms with Gasteiger partial charge in [0.2, 0.25) is 5.91 Å². The molecule has 2 aliphatic rings. The molecule has 1 saturated heterocycles. The fraction of sp³-hybridized carbons (Fsp3) is 0.500. The summed E-state index contributed by atoms with van der Waals surface area (Å²) in [5.74, 6) is 0.285. The molecule has 3 rings (SSSR count). The van der Waals surface area contributed by atoms with Crippen LogP contribution in [0.2, 0.25) is 0 Å². The largest absolute Gasteiger partial charge is 0.374 e. The summed E-state index contributed by atoms with van der Waals surface area (Å²) in [6, 6.07) is 10.5. The summed E-state index contributed by atoms with van der Waals surface area (Å²) >= 11 is 0. The van der Waals surface area contributed by atoms with E-state index in [1.54, 1.807) is 0 Å². The average Bonchev–Trinajstić information content (AvgIpc) is 3.01. The Hall–Kier alpha value is -1.61. The van der Waals surface area contributed by atoms with Gasteiger partial charge in [-0.15, -0.1) is 0 Å². The molecule has 2 atom stereocenters. The quantitative estimate of drug-likeness (QED) is 0.850. The Morgan fingerprint density at radius 3 is 3.00 bits per heavy atom. The molecule has 112 valence electrons. The first-order chi connectivity index (χ1) is 10.3. The fourth-order valence-electron chi connectivity index (χ4n) is 3.37.